The van der Waals surface area contributed by atoms with Crippen LogP contribution in [0.5, 0.6) is 0 Å². The van der Waals surface area contributed by atoms with Gasteiger partial charge in [0.1, 0.15) is 5.00 Å². The monoisotopic (exact) mass is 821 g/mol. The summed E-state index contributed by atoms with van der Waals surface area (Å²) >= 11 is 1.85. The highest BCUT2D eigenvalue weighted by Gasteiger charge is 2.52. The summed E-state index contributed by atoms with van der Waals surface area (Å²) < 4.78 is 1.28. The van der Waals surface area contributed by atoms with Crippen molar-refractivity contribution >= 4 is 70.1 Å². The molecule has 0 fully saturated rings. The number of anilines is 3. The third-order valence-corrected chi connectivity index (χ3v) is 15.1. The van der Waals surface area contributed by atoms with Gasteiger partial charge in [-0.15, -0.1) is 11.3 Å². The molecule has 2 heteroatoms. The fraction of sp³-hybridized carbons (Fsp3) is 0.0820. The molecule has 0 unspecified atom stereocenters. The van der Waals surface area contributed by atoms with Gasteiger partial charge in [0.25, 0.3) is 0 Å². The second-order valence-corrected chi connectivity index (χ2v) is 19.5. The Labute approximate surface area is 372 Å². The highest BCUT2D eigenvalue weighted by Crippen LogP contribution is 2.64. The lowest BCUT2D eigenvalue weighted by molar-refractivity contribution is 0.591. The molecule has 0 N–H and O–H groups in total. The maximum absolute atomic E-state index is 2.54. The summed E-state index contributed by atoms with van der Waals surface area (Å²) in [5.74, 6) is 0. The van der Waals surface area contributed by atoms with Crippen LogP contribution in [0, 0.1) is 0 Å². The Morgan fingerprint density at radius 1 is 0.413 bits per heavy atom. The number of nitrogens with zero attached hydrogens (tertiary/aromatic N) is 1. The molecule has 13 rings (SSSR count). The summed E-state index contributed by atoms with van der Waals surface area (Å²) in [7, 11) is 0. The van der Waals surface area contributed by atoms with E-state index in [0.717, 1.165) is 11.4 Å². The lowest BCUT2D eigenvalue weighted by Gasteiger charge is -2.33. The zero-order valence-electron chi connectivity index (χ0n) is 35.5. The van der Waals surface area contributed by atoms with Gasteiger partial charge in [-0.3, -0.25) is 0 Å². The zero-order valence-corrected chi connectivity index (χ0v) is 36.3. The normalized spacial score (nSPS) is 13.4. The van der Waals surface area contributed by atoms with Crippen molar-refractivity contribution in [1.82, 2.24) is 0 Å². The number of fused-ring (bicyclic) bond motifs is 10. The van der Waals surface area contributed by atoms with Crippen molar-refractivity contribution in [3.63, 3.8) is 0 Å². The number of thiophene rings is 1. The van der Waals surface area contributed by atoms with Crippen LogP contribution in [0.15, 0.2) is 206 Å². The van der Waals surface area contributed by atoms with Gasteiger partial charge >= 0.3 is 0 Å². The van der Waals surface area contributed by atoms with Crippen molar-refractivity contribution in [2.24, 2.45) is 0 Å². The smallest absolute Gasteiger partial charge is 0.101 e. The van der Waals surface area contributed by atoms with Gasteiger partial charge < -0.3 is 4.90 Å². The van der Waals surface area contributed by atoms with Gasteiger partial charge in [0.2, 0.25) is 0 Å². The molecule has 11 aromatic rings. The van der Waals surface area contributed by atoms with Crippen LogP contribution < -0.4 is 4.90 Å². The van der Waals surface area contributed by atoms with E-state index in [4.69, 9.17) is 0 Å². The fourth-order valence-electron chi connectivity index (χ4n) is 11.1. The predicted molar refractivity (Wildman–Crippen MR) is 269 cm³/mol. The molecule has 0 atom stereocenters. The largest absolute Gasteiger partial charge is 0.302 e. The summed E-state index contributed by atoms with van der Waals surface area (Å²) in [5, 5.41) is 10.4. The number of hydrogen-bond donors (Lipinski definition) is 0. The second-order valence-electron chi connectivity index (χ2n) is 18.5. The standard InChI is InChI=1S/C61H43NS/c1-60(2,3)46-28-31-49-44(34-46)27-30-51-50-32-29-48(37-54(50)61(59(49)51)52-22-11-16-39-25-26-40-17-12-23-53(61)58(40)57(39)52)62(56-36-45-15-7-8-24-55(45)63-56)47-21-10-20-43(35-47)42-19-9-18-41(33-42)38-13-5-4-6-14-38/h4-37H,1-3H3. The SMILES string of the molecule is CC(C)(C)c1ccc2c3c(ccc2c1)-c1ccc(N(c2cccc(-c4cccc(-c5ccccc5)c4)c2)c2cc4ccccc4s2)cc1C31c2cccc3ccc4cccc1c4c23. The van der Waals surface area contributed by atoms with E-state index < -0.39 is 5.41 Å². The van der Waals surface area contributed by atoms with Crippen molar-refractivity contribution in [2.75, 3.05) is 4.90 Å². The molecular weight excluding hydrogens is 779 g/mol. The molecule has 0 saturated carbocycles. The molecule has 1 aromatic heterocycles. The predicted octanol–water partition coefficient (Wildman–Crippen LogP) is 17.1. The van der Waals surface area contributed by atoms with Crippen molar-refractivity contribution in [2.45, 2.75) is 31.6 Å². The first-order valence-electron chi connectivity index (χ1n) is 22.1. The lowest BCUT2D eigenvalue weighted by atomic mass is 9.68. The van der Waals surface area contributed by atoms with Gasteiger partial charge in [-0.05, 0) is 147 Å². The van der Waals surface area contributed by atoms with Crippen molar-refractivity contribution in [1.29, 1.82) is 0 Å². The van der Waals surface area contributed by atoms with E-state index >= 15 is 0 Å². The summed E-state index contributed by atoms with van der Waals surface area (Å²) in [4.78, 5) is 2.50. The Hall–Kier alpha value is -7.26. The average Bonchev–Trinajstić information content (AvgIpc) is 3.98. The maximum atomic E-state index is 2.54. The first kappa shape index (κ1) is 36.4. The molecule has 0 radical (unpaired) electrons. The highest BCUT2D eigenvalue weighted by atomic mass is 32.1. The topological polar surface area (TPSA) is 3.24 Å². The Morgan fingerprint density at radius 2 is 1.02 bits per heavy atom. The van der Waals surface area contributed by atoms with E-state index in [1.165, 1.54) is 109 Å². The molecule has 1 nitrogen and oxygen atoms in total. The van der Waals surface area contributed by atoms with E-state index in [1.54, 1.807) is 0 Å². The van der Waals surface area contributed by atoms with E-state index in [0.29, 0.717) is 0 Å². The average molecular weight is 822 g/mol. The zero-order chi connectivity index (χ0) is 42.0. The molecule has 0 amide bonds. The summed E-state index contributed by atoms with van der Waals surface area (Å²) in [6, 6.07) is 77.9. The van der Waals surface area contributed by atoms with Gasteiger partial charge in [-0.25, -0.2) is 0 Å². The maximum Gasteiger partial charge on any atom is 0.101 e. The van der Waals surface area contributed by atoms with Crippen LogP contribution in [0.2, 0.25) is 0 Å². The molecule has 63 heavy (non-hydrogen) atoms. The van der Waals surface area contributed by atoms with Crippen LogP contribution in [-0.4, -0.2) is 0 Å². The highest BCUT2D eigenvalue weighted by molar-refractivity contribution is 7.23. The van der Waals surface area contributed by atoms with Crippen LogP contribution in [0.3, 0.4) is 0 Å². The minimum atomic E-state index is -0.516. The molecule has 2 aliphatic carbocycles. The molecule has 1 spiro atoms. The minimum absolute atomic E-state index is 0.0432. The Morgan fingerprint density at radius 3 is 1.76 bits per heavy atom. The van der Waals surface area contributed by atoms with Crippen LogP contribution in [-0.2, 0) is 10.8 Å². The molecule has 0 saturated heterocycles. The summed E-state index contributed by atoms with van der Waals surface area (Å²) in [5.41, 5.74) is 16.1. The Kier molecular flexibility index (Phi) is 7.72. The van der Waals surface area contributed by atoms with E-state index in [9.17, 15) is 0 Å². The van der Waals surface area contributed by atoms with Crippen molar-refractivity contribution in [3.05, 3.63) is 234 Å². The number of rotatable bonds is 5. The van der Waals surface area contributed by atoms with E-state index in [1.807, 2.05) is 11.3 Å². The molecule has 1 heterocycles. The third-order valence-electron chi connectivity index (χ3n) is 14.0. The lowest BCUT2D eigenvalue weighted by Crippen LogP contribution is -2.27. The van der Waals surface area contributed by atoms with Gasteiger partial charge in [-0.2, -0.15) is 0 Å². The third kappa shape index (κ3) is 5.28. The van der Waals surface area contributed by atoms with E-state index in [-0.39, 0.29) is 5.41 Å². The molecule has 298 valence electrons. The van der Waals surface area contributed by atoms with Crippen LogP contribution in [0.1, 0.15) is 48.6 Å². The van der Waals surface area contributed by atoms with Gasteiger partial charge in [0.05, 0.1) is 5.41 Å². The first-order valence-corrected chi connectivity index (χ1v) is 22.9. The number of hydrogen-bond acceptors (Lipinski definition) is 2. The fourth-order valence-corrected chi connectivity index (χ4v) is 12.2. The molecular formula is C61H43NS. The van der Waals surface area contributed by atoms with Gasteiger partial charge in [-0.1, -0.05) is 185 Å². The summed E-state index contributed by atoms with van der Waals surface area (Å²) in [6.07, 6.45) is 0. The molecule has 0 bridgehead atoms. The Bertz CT molecular complexity index is 3580. The molecule has 2 aliphatic rings. The van der Waals surface area contributed by atoms with Crippen LogP contribution in [0.4, 0.5) is 16.4 Å². The minimum Gasteiger partial charge on any atom is -0.302 e. The van der Waals surface area contributed by atoms with Crippen molar-refractivity contribution < 1.29 is 0 Å². The Balaban J connectivity index is 1.07. The quantitative estimate of drug-likeness (QED) is 0.156. The second kappa shape index (κ2) is 13.4. The number of benzene rings is 10. The van der Waals surface area contributed by atoms with Crippen LogP contribution in [0.25, 0.3) is 75.8 Å². The van der Waals surface area contributed by atoms with Gasteiger partial charge in [0, 0.05) is 16.1 Å². The van der Waals surface area contributed by atoms with E-state index in [2.05, 4.69) is 232 Å². The molecule has 0 aliphatic heterocycles. The first-order chi connectivity index (χ1) is 30.8. The summed E-state index contributed by atoms with van der Waals surface area (Å²) in [6.45, 7) is 6.94. The molecule has 10 aromatic carbocycles. The van der Waals surface area contributed by atoms with Gasteiger partial charge in [0.15, 0.2) is 0 Å². The van der Waals surface area contributed by atoms with Crippen LogP contribution >= 0.6 is 11.3 Å². The van der Waals surface area contributed by atoms with Crippen molar-refractivity contribution in [3.8, 4) is 33.4 Å².